The molecule has 0 atom stereocenters. The zero-order chi connectivity index (χ0) is 18.1. The third kappa shape index (κ3) is 3.00. The quantitative estimate of drug-likeness (QED) is 0.586. The van der Waals surface area contributed by atoms with Gasteiger partial charge in [0.15, 0.2) is 11.5 Å². The average Bonchev–Trinajstić information content (AvgIpc) is 2.64. The monoisotopic (exact) mass is 350 g/mol. The highest BCUT2D eigenvalue weighted by atomic mass is 19.1. The molecule has 8 heteroatoms. The first-order valence-corrected chi connectivity index (χ1v) is 7.67. The Morgan fingerprint density at radius 1 is 0.885 bits per heavy atom. The number of pyridine rings is 2. The molecule has 0 bridgehead atoms. The van der Waals surface area contributed by atoms with Gasteiger partial charge >= 0.3 is 0 Å². The lowest BCUT2D eigenvalue weighted by Crippen LogP contribution is -2.02. The van der Waals surface area contributed by atoms with Gasteiger partial charge in [0, 0.05) is 18.1 Å². The summed E-state index contributed by atoms with van der Waals surface area (Å²) in [5.74, 6) is -0.563. The maximum Gasteiger partial charge on any atom is 0.167 e. The summed E-state index contributed by atoms with van der Waals surface area (Å²) >= 11 is 0. The second kappa shape index (κ2) is 6.32. The summed E-state index contributed by atoms with van der Waals surface area (Å²) in [6, 6.07) is 9.94. The molecule has 6 nitrogen and oxygen atoms in total. The largest absolute Gasteiger partial charge is 0.384 e. The van der Waals surface area contributed by atoms with Crippen molar-refractivity contribution < 1.29 is 8.78 Å². The molecule has 0 amide bonds. The van der Waals surface area contributed by atoms with Crippen LogP contribution in [0.15, 0.2) is 54.9 Å². The summed E-state index contributed by atoms with van der Waals surface area (Å²) in [4.78, 5) is 16.7. The van der Waals surface area contributed by atoms with Gasteiger partial charge in [-0.3, -0.25) is 4.98 Å². The van der Waals surface area contributed by atoms with Crippen LogP contribution in [0.4, 0.5) is 26.1 Å². The van der Waals surface area contributed by atoms with Crippen LogP contribution in [0, 0.1) is 11.6 Å². The van der Waals surface area contributed by atoms with Gasteiger partial charge in [-0.15, -0.1) is 0 Å². The Balaban J connectivity index is 1.93. The van der Waals surface area contributed by atoms with E-state index < -0.39 is 11.6 Å². The summed E-state index contributed by atoms with van der Waals surface area (Å²) in [7, 11) is 0. The molecular formula is C18H12F2N6. The Labute approximate surface area is 146 Å². The van der Waals surface area contributed by atoms with E-state index in [1.165, 1.54) is 0 Å². The lowest BCUT2D eigenvalue weighted by Gasteiger charge is -2.11. The fourth-order valence-corrected chi connectivity index (χ4v) is 2.48. The van der Waals surface area contributed by atoms with E-state index in [2.05, 4.69) is 25.3 Å². The molecule has 128 valence electrons. The second-order valence-electron chi connectivity index (χ2n) is 5.49. The molecule has 0 spiro atoms. The van der Waals surface area contributed by atoms with Gasteiger partial charge in [0.2, 0.25) is 0 Å². The van der Waals surface area contributed by atoms with E-state index in [9.17, 15) is 8.78 Å². The van der Waals surface area contributed by atoms with E-state index in [1.54, 1.807) is 36.7 Å². The Bertz CT molecular complexity index is 1100. The number of nitrogens with two attached hydrogens (primary N) is 1. The van der Waals surface area contributed by atoms with Crippen molar-refractivity contribution in [2.75, 3.05) is 11.1 Å². The highest BCUT2D eigenvalue weighted by Gasteiger charge is 2.15. The fourth-order valence-electron chi connectivity index (χ4n) is 2.48. The Hall–Kier alpha value is -3.68. The molecular weight excluding hydrogens is 338 g/mol. The van der Waals surface area contributed by atoms with Gasteiger partial charge in [-0.2, -0.15) is 0 Å². The van der Waals surface area contributed by atoms with Crippen molar-refractivity contribution in [1.82, 2.24) is 19.9 Å². The van der Waals surface area contributed by atoms with Crippen LogP contribution in [-0.2, 0) is 0 Å². The number of nitrogen functional groups attached to an aromatic ring is 1. The zero-order valence-electron chi connectivity index (χ0n) is 13.3. The van der Waals surface area contributed by atoms with Crippen LogP contribution >= 0.6 is 0 Å². The van der Waals surface area contributed by atoms with Crippen molar-refractivity contribution >= 4 is 28.4 Å². The smallest absolute Gasteiger partial charge is 0.167 e. The van der Waals surface area contributed by atoms with Crippen LogP contribution < -0.4 is 11.1 Å². The number of halogens is 2. The first kappa shape index (κ1) is 15.8. The van der Waals surface area contributed by atoms with Crippen molar-refractivity contribution in [3.63, 3.8) is 0 Å². The molecule has 4 aromatic rings. The van der Waals surface area contributed by atoms with Gasteiger partial charge in [-0.25, -0.2) is 23.7 Å². The molecule has 0 fully saturated rings. The number of hydrogen-bond acceptors (Lipinski definition) is 6. The van der Waals surface area contributed by atoms with Crippen LogP contribution in [-0.4, -0.2) is 19.9 Å². The third-order valence-corrected chi connectivity index (χ3v) is 3.69. The molecule has 0 unspecified atom stereocenters. The van der Waals surface area contributed by atoms with Crippen molar-refractivity contribution in [2.24, 2.45) is 0 Å². The maximum atomic E-state index is 14.2. The predicted molar refractivity (Wildman–Crippen MR) is 94.6 cm³/mol. The SMILES string of the molecule is Nc1ccc2c(Nc3ccncc3)nc(-c3cc(F)ccc3F)nc2n1. The number of nitrogens with zero attached hydrogens (tertiary/aromatic N) is 4. The van der Waals surface area contributed by atoms with Crippen LogP contribution in [0.25, 0.3) is 22.4 Å². The lowest BCUT2D eigenvalue weighted by atomic mass is 10.2. The number of aromatic nitrogens is 4. The van der Waals surface area contributed by atoms with Gasteiger partial charge in [-0.1, -0.05) is 0 Å². The van der Waals surface area contributed by atoms with Gasteiger partial charge in [0.1, 0.15) is 23.3 Å². The molecule has 0 aliphatic rings. The predicted octanol–water partition coefficient (Wildman–Crippen LogP) is 3.69. The molecule has 3 heterocycles. The first-order chi connectivity index (χ1) is 12.6. The van der Waals surface area contributed by atoms with E-state index in [0.29, 0.717) is 11.2 Å². The number of nitrogens with one attached hydrogen (secondary N) is 1. The number of anilines is 3. The van der Waals surface area contributed by atoms with Crippen molar-refractivity contribution in [2.45, 2.75) is 0 Å². The van der Waals surface area contributed by atoms with Crippen LogP contribution in [0.3, 0.4) is 0 Å². The topological polar surface area (TPSA) is 89.6 Å². The standard InChI is InChI=1S/C18H12F2N6/c19-10-1-3-14(20)13(9-10)18-25-16(23-11-5-7-22-8-6-11)12-2-4-15(21)24-17(12)26-18/h1-9H,(H3,21,22,23,24,25,26). The molecule has 1 aromatic carbocycles. The Kier molecular flexibility index (Phi) is 3.85. The lowest BCUT2D eigenvalue weighted by molar-refractivity contribution is 0.602. The first-order valence-electron chi connectivity index (χ1n) is 7.67. The Morgan fingerprint density at radius 3 is 2.50 bits per heavy atom. The molecule has 0 saturated carbocycles. The minimum atomic E-state index is -0.635. The summed E-state index contributed by atoms with van der Waals surface area (Å²) in [5, 5.41) is 3.72. The number of benzene rings is 1. The second-order valence-corrected chi connectivity index (χ2v) is 5.49. The molecule has 0 aliphatic carbocycles. The highest BCUT2D eigenvalue weighted by Crippen LogP contribution is 2.28. The summed E-state index contributed by atoms with van der Waals surface area (Å²) in [6.45, 7) is 0. The van der Waals surface area contributed by atoms with Gasteiger partial charge in [-0.05, 0) is 42.5 Å². The number of rotatable bonds is 3. The maximum absolute atomic E-state index is 14.2. The normalized spacial score (nSPS) is 10.8. The van der Waals surface area contributed by atoms with Crippen molar-refractivity contribution in [1.29, 1.82) is 0 Å². The highest BCUT2D eigenvalue weighted by molar-refractivity contribution is 5.90. The summed E-state index contributed by atoms with van der Waals surface area (Å²) < 4.78 is 27.8. The van der Waals surface area contributed by atoms with Crippen molar-refractivity contribution in [3.8, 4) is 11.4 Å². The summed E-state index contributed by atoms with van der Waals surface area (Å²) in [5.41, 5.74) is 6.67. The van der Waals surface area contributed by atoms with Gasteiger partial charge in [0.05, 0.1) is 10.9 Å². The molecule has 3 aromatic heterocycles. The molecule has 4 rings (SSSR count). The fraction of sp³-hybridized carbons (Fsp3) is 0. The molecule has 26 heavy (non-hydrogen) atoms. The van der Waals surface area contributed by atoms with Crippen molar-refractivity contribution in [3.05, 3.63) is 66.5 Å². The van der Waals surface area contributed by atoms with E-state index in [0.717, 1.165) is 23.9 Å². The van der Waals surface area contributed by atoms with Crippen LogP contribution in [0.5, 0.6) is 0 Å². The van der Waals surface area contributed by atoms with E-state index in [1.807, 2.05) is 0 Å². The van der Waals surface area contributed by atoms with E-state index >= 15 is 0 Å². The van der Waals surface area contributed by atoms with Crippen LogP contribution in [0.2, 0.25) is 0 Å². The number of fused-ring (bicyclic) bond motifs is 1. The zero-order valence-corrected chi connectivity index (χ0v) is 13.3. The minimum absolute atomic E-state index is 0.00385. The van der Waals surface area contributed by atoms with Crippen LogP contribution in [0.1, 0.15) is 0 Å². The molecule has 0 radical (unpaired) electrons. The average molecular weight is 350 g/mol. The summed E-state index contributed by atoms with van der Waals surface area (Å²) in [6.07, 6.45) is 3.24. The minimum Gasteiger partial charge on any atom is -0.384 e. The van der Waals surface area contributed by atoms with Gasteiger partial charge < -0.3 is 11.1 Å². The van der Waals surface area contributed by atoms with E-state index in [-0.39, 0.29) is 22.9 Å². The van der Waals surface area contributed by atoms with E-state index in [4.69, 9.17) is 5.73 Å². The Morgan fingerprint density at radius 2 is 1.69 bits per heavy atom. The molecule has 0 saturated heterocycles. The molecule has 0 aliphatic heterocycles. The van der Waals surface area contributed by atoms with Gasteiger partial charge in [0.25, 0.3) is 0 Å². The number of hydrogen-bond donors (Lipinski definition) is 2. The third-order valence-electron chi connectivity index (χ3n) is 3.69. The molecule has 3 N–H and O–H groups in total.